The SMILES string of the molecule is C/C=C\C(=C/C)NC(=O)C(=O)Nc1ccccc1. The number of para-hydroxylation sites is 1. The Morgan fingerprint density at radius 1 is 1.06 bits per heavy atom. The second-order valence-corrected chi connectivity index (χ2v) is 3.52. The van der Waals surface area contributed by atoms with Gasteiger partial charge in [0.15, 0.2) is 0 Å². The van der Waals surface area contributed by atoms with E-state index in [-0.39, 0.29) is 0 Å². The molecule has 4 nitrogen and oxygen atoms in total. The fourth-order valence-corrected chi connectivity index (χ4v) is 1.29. The number of nitrogens with one attached hydrogen (secondary N) is 2. The molecule has 0 heterocycles. The highest BCUT2D eigenvalue weighted by molar-refractivity contribution is 6.40. The highest BCUT2D eigenvalue weighted by Gasteiger charge is 2.13. The van der Waals surface area contributed by atoms with Crippen molar-refractivity contribution in [1.82, 2.24) is 5.32 Å². The fraction of sp³-hybridized carbons (Fsp3) is 0.143. The molecule has 0 saturated heterocycles. The van der Waals surface area contributed by atoms with Gasteiger partial charge >= 0.3 is 11.8 Å². The first kappa shape index (κ1) is 13.7. The smallest absolute Gasteiger partial charge is 0.314 e. The lowest BCUT2D eigenvalue weighted by atomic mass is 10.3. The van der Waals surface area contributed by atoms with Crippen molar-refractivity contribution in [3.8, 4) is 0 Å². The molecule has 0 saturated carbocycles. The minimum absolute atomic E-state index is 0.589. The number of anilines is 1. The summed E-state index contributed by atoms with van der Waals surface area (Å²) in [5.74, 6) is -1.38. The summed E-state index contributed by atoms with van der Waals surface area (Å²) in [6.07, 6.45) is 5.21. The number of benzene rings is 1. The summed E-state index contributed by atoms with van der Waals surface area (Å²) in [4.78, 5) is 23.2. The van der Waals surface area contributed by atoms with Crippen molar-refractivity contribution in [2.45, 2.75) is 13.8 Å². The van der Waals surface area contributed by atoms with Gasteiger partial charge in [-0.25, -0.2) is 0 Å². The molecule has 1 rings (SSSR count). The predicted octanol–water partition coefficient (Wildman–Crippen LogP) is 2.22. The molecule has 0 radical (unpaired) electrons. The zero-order valence-electron chi connectivity index (χ0n) is 10.4. The van der Waals surface area contributed by atoms with Crippen LogP contribution >= 0.6 is 0 Å². The molecule has 1 aromatic rings. The number of hydrogen-bond donors (Lipinski definition) is 2. The molecule has 1 aromatic carbocycles. The van der Waals surface area contributed by atoms with Gasteiger partial charge in [-0.15, -0.1) is 0 Å². The third-order valence-corrected chi connectivity index (χ3v) is 2.15. The van der Waals surface area contributed by atoms with Crippen LogP contribution in [0.3, 0.4) is 0 Å². The van der Waals surface area contributed by atoms with Crippen molar-refractivity contribution in [3.63, 3.8) is 0 Å². The first-order valence-electron chi connectivity index (χ1n) is 5.63. The molecule has 0 aliphatic carbocycles. The number of rotatable bonds is 3. The van der Waals surface area contributed by atoms with E-state index in [1.54, 1.807) is 49.4 Å². The van der Waals surface area contributed by atoms with Crippen LogP contribution in [0.1, 0.15) is 13.8 Å². The van der Waals surface area contributed by atoms with Gasteiger partial charge in [-0.3, -0.25) is 9.59 Å². The van der Waals surface area contributed by atoms with Crippen molar-refractivity contribution in [1.29, 1.82) is 0 Å². The lowest BCUT2D eigenvalue weighted by Gasteiger charge is -2.06. The number of amides is 2. The van der Waals surface area contributed by atoms with Crippen LogP contribution in [-0.4, -0.2) is 11.8 Å². The lowest BCUT2D eigenvalue weighted by Crippen LogP contribution is -2.34. The van der Waals surface area contributed by atoms with Crippen LogP contribution in [0, 0.1) is 0 Å². The Hall–Kier alpha value is -2.36. The maximum Gasteiger partial charge on any atom is 0.314 e. The van der Waals surface area contributed by atoms with E-state index in [2.05, 4.69) is 10.6 Å². The standard InChI is InChI=1S/C14H16N2O2/c1-3-8-11(4-2)15-13(17)14(18)16-12-9-6-5-7-10-12/h3-10H,1-2H3,(H,15,17)(H,16,18)/b8-3-,11-4+. The largest absolute Gasteiger partial charge is 0.318 e. The number of carbonyl (C=O) groups excluding carboxylic acids is 2. The van der Waals surface area contributed by atoms with Gasteiger partial charge in [-0.05, 0) is 32.1 Å². The molecule has 0 spiro atoms. The minimum Gasteiger partial charge on any atom is -0.318 e. The summed E-state index contributed by atoms with van der Waals surface area (Å²) in [5, 5.41) is 5.02. The van der Waals surface area contributed by atoms with Crippen LogP contribution < -0.4 is 10.6 Å². The summed E-state index contributed by atoms with van der Waals surface area (Å²) < 4.78 is 0. The summed E-state index contributed by atoms with van der Waals surface area (Å²) in [7, 11) is 0. The molecular formula is C14H16N2O2. The van der Waals surface area contributed by atoms with E-state index in [9.17, 15) is 9.59 Å². The van der Waals surface area contributed by atoms with Gasteiger partial charge < -0.3 is 10.6 Å². The molecular weight excluding hydrogens is 228 g/mol. The molecule has 2 amide bonds. The Kier molecular flexibility index (Phi) is 5.38. The van der Waals surface area contributed by atoms with Crippen LogP contribution in [0.4, 0.5) is 5.69 Å². The van der Waals surface area contributed by atoms with Gasteiger partial charge in [0.05, 0.1) is 0 Å². The second kappa shape index (κ2) is 7.06. The predicted molar refractivity (Wildman–Crippen MR) is 71.8 cm³/mol. The normalized spacial score (nSPS) is 11.3. The zero-order chi connectivity index (χ0) is 13.4. The lowest BCUT2D eigenvalue weighted by molar-refractivity contribution is -0.135. The summed E-state index contributed by atoms with van der Waals surface area (Å²) in [5.41, 5.74) is 1.18. The van der Waals surface area contributed by atoms with Gasteiger partial charge in [0, 0.05) is 11.4 Å². The Morgan fingerprint density at radius 2 is 1.72 bits per heavy atom. The molecule has 0 atom stereocenters. The maximum atomic E-state index is 11.6. The van der Waals surface area contributed by atoms with Crippen molar-refractivity contribution in [3.05, 3.63) is 54.3 Å². The van der Waals surface area contributed by atoms with E-state index in [1.165, 1.54) is 0 Å². The maximum absolute atomic E-state index is 11.6. The third kappa shape index (κ3) is 4.25. The summed E-state index contributed by atoms with van der Waals surface area (Å²) in [6, 6.07) is 8.83. The van der Waals surface area contributed by atoms with Crippen LogP contribution in [-0.2, 0) is 9.59 Å². The first-order valence-corrected chi connectivity index (χ1v) is 5.63. The van der Waals surface area contributed by atoms with Crippen LogP contribution in [0.5, 0.6) is 0 Å². The molecule has 0 bridgehead atoms. The quantitative estimate of drug-likeness (QED) is 0.632. The zero-order valence-corrected chi connectivity index (χ0v) is 10.4. The number of allylic oxidation sites excluding steroid dienone is 3. The van der Waals surface area contributed by atoms with Crippen LogP contribution in [0.15, 0.2) is 54.3 Å². The van der Waals surface area contributed by atoms with E-state index in [4.69, 9.17) is 0 Å². The van der Waals surface area contributed by atoms with E-state index in [1.807, 2.05) is 13.0 Å². The van der Waals surface area contributed by atoms with E-state index < -0.39 is 11.8 Å². The molecule has 4 heteroatoms. The highest BCUT2D eigenvalue weighted by atomic mass is 16.2. The minimum atomic E-state index is -0.690. The molecule has 2 N–H and O–H groups in total. The topological polar surface area (TPSA) is 58.2 Å². The highest BCUT2D eigenvalue weighted by Crippen LogP contribution is 2.04. The Morgan fingerprint density at radius 3 is 2.28 bits per heavy atom. The van der Waals surface area contributed by atoms with Crippen LogP contribution in [0.25, 0.3) is 0 Å². The van der Waals surface area contributed by atoms with Crippen molar-refractivity contribution in [2.75, 3.05) is 5.32 Å². The fourth-order valence-electron chi connectivity index (χ4n) is 1.29. The molecule has 0 aliphatic heterocycles. The van der Waals surface area contributed by atoms with Gasteiger partial charge in [-0.1, -0.05) is 30.4 Å². The molecule has 0 unspecified atom stereocenters. The van der Waals surface area contributed by atoms with Gasteiger partial charge in [0.25, 0.3) is 0 Å². The van der Waals surface area contributed by atoms with Crippen molar-refractivity contribution < 1.29 is 9.59 Å². The molecule has 0 aromatic heterocycles. The van der Waals surface area contributed by atoms with E-state index in [0.29, 0.717) is 11.4 Å². The Balaban J connectivity index is 2.60. The summed E-state index contributed by atoms with van der Waals surface area (Å²) in [6.45, 7) is 3.62. The third-order valence-electron chi connectivity index (χ3n) is 2.15. The Labute approximate surface area is 106 Å². The number of carbonyl (C=O) groups is 2. The average molecular weight is 244 g/mol. The first-order chi connectivity index (χ1) is 8.67. The van der Waals surface area contributed by atoms with E-state index in [0.717, 1.165) is 0 Å². The van der Waals surface area contributed by atoms with E-state index >= 15 is 0 Å². The monoisotopic (exact) mass is 244 g/mol. The second-order valence-electron chi connectivity index (χ2n) is 3.52. The van der Waals surface area contributed by atoms with Gasteiger partial charge in [0.1, 0.15) is 0 Å². The molecule has 18 heavy (non-hydrogen) atoms. The molecule has 0 aliphatic rings. The Bertz CT molecular complexity index is 476. The van der Waals surface area contributed by atoms with Crippen molar-refractivity contribution in [2.24, 2.45) is 0 Å². The summed E-state index contributed by atoms with van der Waals surface area (Å²) >= 11 is 0. The van der Waals surface area contributed by atoms with Gasteiger partial charge in [0.2, 0.25) is 0 Å². The molecule has 0 fully saturated rings. The van der Waals surface area contributed by atoms with Gasteiger partial charge in [-0.2, -0.15) is 0 Å². The van der Waals surface area contributed by atoms with Crippen molar-refractivity contribution >= 4 is 17.5 Å². The molecule has 94 valence electrons. The average Bonchev–Trinajstić information content (AvgIpc) is 2.39. The number of hydrogen-bond acceptors (Lipinski definition) is 2. The van der Waals surface area contributed by atoms with Crippen LogP contribution in [0.2, 0.25) is 0 Å².